The van der Waals surface area contributed by atoms with E-state index >= 15 is 0 Å². The first-order valence-corrected chi connectivity index (χ1v) is 11.8. The molecule has 1 atom stereocenters. The highest BCUT2D eigenvalue weighted by Gasteiger charge is 2.30. The third-order valence-electron chi connectivity index (χ3n) is 5.35. The lowest BCUT2D eigenvalue weighted by Crippen LogP contribution is -2.32. The summed E-state index contributed by atoms with van der Waals surface area (Å²) >= 11 is 0. The minimum atomic E-state index is -3.92. The topological polar surface area (TPSA) is 76.1 Å². The van der Waals surface area contributed by atoms with Gasteiger partial charge >= 0.3 is 0 Å². The van der Waals surface area contributed by atoms with Crippen LogP contribution in [-0.2, 0) is 15.3 Å². The van der Waals surface area contributed by atoms with Gasteiger partial charge < -0.3 is 5.32 Å². The van der Waals surface area contributed by atoms with Gasteiger partial charge in [0.2, 0.25) is 0 Å². The van der Waals surface area contributed by atoms with Crippen LogP contribution < -0.4 is 5.32 Å². The van der Waals surface area contributed by atoms with Crippen LogP contribution in [0.3, 0.4) is 0 Å². The van der Waals surface area contributed by atoms with Crippen LogP contribution in [0.2, 0.25) is 0 Å². The normalized spacial score (nSPS) is 12.9. The highest BCUT2D eigenvalue weighted by molar-refractivity contribution is 7.91. The molecule has 1 unspecified atom stereocenters. The molecule has 3 rings (SSSR count). The molecule has 1 heterocycles. The van der Waals surface area contributed by atoms with E-state index in [-0.39, 0.29) is 28.3 Å². The largest absolute Gasteiger partial charge is 0.350 e. The van der Waals surface area contributed by atoms with Crippen molar-refractivity contribution in [2.24, 2.45) is 0 Å². The zero-order chi connectivity index (χ0) is 23.5. The zero-order valence-electron chi connectivity index (χ0n) is 18.6. The van der Waals surface area contributed by atoms with Crippen LogP contribution in [-0.4, -0.2) is 25.9 Å². The summed E-state index contributed by atoms with van der Waals surface area (Å²) < 4.78 is 40.5. The molecule has 0 aliphatic heterocycles. The summed E-state index contributed by atoms with van der Waals surface area (Å²) in [7, 11) is -3.92. The smallest absolute Gasteiger partial charge is 0.251 e. The highest BCUT2D eigenvalue weighted by Crippen LogP contribution is 2.29. The number of nitrogens with zero attached hydrogens (tertiary/aromatic N) is 1. The summed E-state index contributed by atoms with van der Waals surface area (Å²) in [6.07, 6.45) is 3.01. The summed E-state index contributed by atoms with van der Waals surface area (Å²) in [4.78, 5) is 16.8. The van der Waals surface area contributed by atoms with Crippen LogP contribution in [0.1, 0.15) is 53.1 Å². The quantitative estimate of drug-likeness (QED) is 0.544. The van der Waals surface area contributed by atoms with E-state index in [2.05, 4.69) is 31.1 Å². The van der Waals surface area contributed by atoms with Gasteiger partial charge in [-0.05, 0) is 65.4 Å². The van der Waals surface area contributed by atoms with Crippen LogP contribution in [0.4, 0.5) is 4.39 Å². The fraction of sp³-hybridized carbons (Fsp3) is 0.280. The Kier molecular flexibility index (Phi) is 6.79. The van der Waals surface area contributed by atoms with Crippen LogP contribution in [0.15, 0.2) is 71.9 Å². The van der Waals surface area contributed by atoms with E-state index in [0.29, 0.717) is 11.1 Å². The molecule has 2 aromatic carbocycles. The first-order valence-electron chi connectivity index (χ1n) is 10.3. The summed E-state index contributed by atoms with van der Waals surface area (Å²) in [6, 6.07) is 14.2. The molecule has 0 aliphatic carbocycles. The van der Waals surface area contributed by atoms with Crippen molar-refractivity contribution in [3.8, 4) is 0 Å². The number of aromatic nitrogens is 1. The van der Waals surface area contributed by atoms with Gasteiger partial charge in [-0.2, -0.15) is 0 Å². The van der Waals surface area contributed by atoms with Gasteiger partial charge in [0.25, 0.3) is 5.91 Å². The van der Waals surface area contributed by atoms with Crippen molar-refractivity contribution in [3.63, 3.8) is 0 Å². The molecule has 1 amide bonds. The summed E-state index contributed by atoms with van der Waals surface area (Å²) in [5, 5.41) is 1.67. The van der Waals surface area contributed by atoms with Gasteiger partial charge in [-0.15, -0.1) is 0 Å². The average Bonchev–Trinajstić information content (AvgIpc) is 2.75. The molecule has 1 aromatic heterocycles. The second kappa shape index (κ2) is 9.20. The van der Waals surface area contributed by atoms with E-state index in [9.17, 15) is 17.6 Å². The molecule has 0 fully saturated rings. The van der Waals surface area contributed by atoms with E-state index < -0.39 is 20.9 Å². The minimum absolute atomic E-state index is 0.00553. The Balaban J connectivity index is 1.87. The number of amides is 1. The van der Waals surface area contributed by atoms with Gasteiger partial charge in [-0.3, -0.25) is 9.78 Å². The number of benzene rings is 2. The van der Waals surface area contributed by atoms with Crippen molar-refractivity contribution in [1.82, 2.24) is 10.3 Å². The lowest BCUT2D eigenvalue weighted by atomic mass is 9.87. The van der Waals surface area contributed by atoms with Crippen LogP contribution in [0, 0.1) is 12.7 Å². The van der Waals surface area contributed by atoms with Crippen molar-refractivity contribution < 1.29 is 17.6 Å². The minimum Gasteiger partial charge on any atom is -0.350 e. The van der Waals surface area contributed by atoms with E-state index in [1.807, 2.05) is 12.1 Å². The maximum absolute atomic E-state index is 13.7. The SMILES string of the molecule is Cc1cc(S(=O)(=O)C(CNC(=O)c2ccc(C(C)(C)C)cc2)c2cccnc2)ccc1F. The summed E-state index contributed by atoms with van der Waals surface area (Å²) in [5.74, 6) is -0.848. The van der Waals surface area contributed by atoms with Crippen molar-refractivity contribution in [1.29, 1.82) is 0 Å². The molecule has 0 saturated carbocycles. The molecule has 3 aromatic rings. The third-order valence-corrected chi connectivity index (χ3v) is 7.45. The van der Waals surface area contributed by atoms with Gasteiger partial charge in [-0.25, -0.2) is 12.8 Å². The second-order valence-electron chi connectivity index (χ2n) is 8.77. The Hall–Kier alpha value is -3.06. The number of hydrogen-bond donors (Lipinski definition) is 1. The zero-order valence-corrected chi connectivity index (χ0v) is 19.4. The van der Waals surface area contributed by atoms with Crippen molar-refractivity contribution in [3.05, 3.63) is 95.1 Å². The molecule has 32 heavy (non-hydrogen) atoms. The summed E-state index contributed by atoms with van der Waals surface area (Å²) in [5.41, 5.74) is 2.17. The Morgan fingerprint density at radius 2 is 1.78 bits per heavy atom. The predicted molar refractivity (Wildman–Crippen MR) is 123 cm³/mol. The average molecular weight is 455 g/mol. The number of sulfone groups is 1. The van der Waals surface area contributed by atoms with E-state index in [1.54, 1.807) is 30.5 Å². The van der Waals surface area contributed by atoms with Gasteiger partial charge in [0, 0.05) is 24.5 Å². The molecular weight excluding hydrogens is 427 g/mol. The monoisotopic (exact) mass is 454 g/mol. The Morgan fingerprint density at radius 3 is 2.34 bits per heavy atom. The third kappa shape index (κ3) is 5.22. The molecular formula is C25H27FN2O3S. The fourth-order valence-electron chi connectivity index (χ4n) is 3.34. The van der Waals surface area contributed by atoms with Crippen LogP contribution >= 0.6 is 0 Å². The van der Waals surface area contributed by atoms with Gasteiger partial charge in [0.05, 0.1) is 4.90 Å². The van der Waals surface area contributed by atoms with Crippen molar-refractivity contribution >= 4 is 15.7 Å². The number of halogens is 1. The van der Waals surface area contributed by atoms with Crippen LogP contribution in [0.25, 0.3) is 0 Å². The van der Waals surface area contributed by atoms with E-state index in [1.165, 1.54) is 25.3 Å². The van der Waals surface area contributed by atoms with E-state index in [4.69, 9.17) is 0 Å². The number of pyridine rings is 1. The van der Waals surface area contributed by atoms with Crippen LogP contribution in [0.5, 0.6) is 0 Å². The lowest BCUT2D eigenvalue weighted by Gasteiger charge is -2.20. The van der Waals surface area contributed by atoms with Gasteiger partial charge in [0.15, 0.2) is 9.84 Å². The maximum atomic E-state index is 13.7. The molecule has 5 nitrogen and oxygen atoms in total. The fourth-order valence-corrected chi connectivity index (χ4v) is 5.07. The number of aryl methyl sites for hydroxylation is 1. The molecule has 7 heteroatoms. The first kappa shape index (κ1) is 23.6. The van der Waals surface area contributed by atoms with Crippen molar-refractivity contribution in [2.45, 2.75) is 43.3 Å². The molecule has 1 N–H and O–H groups in total. The molecule has 0 bridgehead atoms. The Labute approximate surface area is 188 Å². The van der Waals surface area contributed by atoms with Gasteiger partial charge in [0.1, 0.15) is 11.1 Å². The number of nitrogens with one attached hydrogen (secondary N) is 1. The maximum Gasteiger partial charge on any atom is 0.251 e. The lowest BCUT2D eigenvalue weighted by molar-refractivity contribution is 0.0953. The predicted octanol–water partition coefficient (Wildman–Crippen LogP) is 4.77. The molecule has 168 valence electrons. The molecule has 0 saturated heterocycles. The number of carbonyl (C=O) groups excluding carboxylic acids is 1. The first-order chi connectivity index (χ1) is 15.0. The number of hydrogen-bond acceptors (Lipinski definition) is 4. The number of rotatable bonds is 6. The van der Waals surface area contributed by atoms with Crippen molar-refractivity contribution in [2.75, 3.05) is 6.54 Å². The number of carbonyl (C=O) groups is 1. The second-order valence-corrected chi connectivity index (χ2v) is 10.9. The Bertz CT molecular complexity index is 1200. The van der Waals surface area contributed by atoms with E-state index in [0.717, 1.165) is 11.6 Å². The highest BCUT2D eigenvalue weighted by atomic mass is 32.2. The molecule has 0 radical (unpaired) electrons. The molecule has 0 spiro atoms. The summed E-state index contributed by atoms with van der Waals surface area (Å²) in [6.45, 7) is 7.62. The standard InChI is InChI=1S/C25H27FN2O3S/c1-17-14-21(11-12-22(17)26)32(30,31)23(19-6-5-13-27-15-19)16-28-24(29)18-7-9-20(10-8-18)25(2,3)4/h5-15,23H,16H2,1-4H3,(H,28,29). The Morgan fingerprint density at radius 1 is 1.09 bits per heavy atom. The van der Waals surface area contributed by atoms with Gasteiger partial charge in [-0.1, -0.05) is 39.0 Å². The molecule has 0 aliphatic rings.